The molecular formula is C10H11F4NO. The Bertz CT molecular complexity index is 340. The molecule has 0 bridgehead atoms. The minimum absolute atomic E-state index is 0.0650. The second-order valence-corrected chi connectivity index (χ2v) is 3.20. The third-order valence-corrected chi connectivity index (χ3v) is 1.94. The Labute approximate surface area is 90.0 Å². The molecule has 2 nitrogen and oxygen atoms in total. The number of hydrogen-bond donors (Lipinski definition) is 1. The molecule has 0 heterocycles. The minimum atomic E-state index is -4.73. The highest BCUT2D eigenvalue weighted by molar-refractivity contribution is 5.30. The summed E-state index contributed by atoms with van der Waals surface area (Å²) in [4.78, 5) is 0. The molecular weight excluding hydrogens is 226 g/mol. The zero-order chi connectivity index (χ0) is 12.2. The predicted octanol–water partition coefficient (Wildman–Crippen LogP) is 2.94. The molecule has 0 radical (unpaired) electrons. The lowest BCUT2D eigenvalue weighted by Crippen LogP contribution is -2.17. The lowest BCUT2D eigenvalue weighted by Gasteiger charge is -2.13. The summed E-state index contributed by atoms with van der Waals surface area (Å²) >= 11 is 0. The van der Waals surface area contributed by atoms with Crippen LogP contribution in [0, 0.1) is 0 Å². The van der Waals surface area contributed by atoms with Crippen molar-refractivity contribution in [3.8, 4) is 5.75 Å². The maximum Gasteiger partial charge on any atom is 0.573 e. The molecule has 6 heteroatoms. The van der Waals surface area contributed by atoms with Gasteiger partial charge in [-0.3, -0.25) is 4.39 Å². The van der Waals surface area contributed by atoms with Gasteiger partial charge in [0.05, 0.1) is 6.67 Å². The van der Waals surface area contributed by atoms with E-state index in [1.807, 2.05) is 0 Å². The van der Waals surface area contributed by atoms with Gasteiger partial charge in [-0.15, -0.1) is 13.2 Å². The fourth-order valence-electron chi connectivity index (χ4n) is 1.23. The first-order valence-corrected chi connectivity index (χ1v) is 4.59. The van der Waals surface area contributed by atoms with E-state index in [4.69, 9.17) is 5.73 Å². The van der Waals surface area contributed by atoms with E-state index in [0.29, 0.717) is 5.56 Å². The van der Waals surface area contributed by atoms with Crippen molar-refractivity contribution in [1.29, 1.82) is 0 Å². The molecule has 0 aliphatic rings. The Hall–Kier alpha value is -1.30. The van der Waals surface area contributed by atoms with Crippen molar-refractivity contribution in [3.05, 3.63) is 29.8 Å². The van der Waals surface area contributed by atoms with Crippen LogP contribution >= 0.6 is 0 Å². The van der Waals surface area contributed by atoms with E-state index in [1.165, 1.54) is 18.2 Å². The Kier molecular flexibility index (Phi) is 4.12. The Morgan fingerprint density at radius 2 is 2.00 bits per heavy atom. The molecule has 0 fully saturated rings. The highest BCUT2D eigenvalue weighted by atomic mass is 19.4. The van der Waals surface area contributed by atoms with Crippen LogP contribution in [0.15, 0.2) is 24.3 Å². The van der Waals surface area contributed by atoms with E-state index in [9.17, 15) is 17.6 Å². The van der Waals surface area contributed by atoms with Crippen molar-refractivity contribution < 1.29 is 22.3 Å². The van der Waals surface area contributed by atoms with Gasteiger partial charge in [-0.2, -0.15) is 0 Å². The van der Waals surface area contributed by atoms with Crippen LogP contribution in [0.2, 0.25) is 0 Å². The summed E-state index contributed by atoms with van der Waals surface area (Å²) in [6, 6.07) is 4.62. The van der Waals surface area contributed by atoms with Gasteiger partial charge >= 0.3 is 6.36 Å². The third-order valence-electron chi connectivity index (χ3n) is 1.94. The Morgan fingerprint density at radius 3 is 2.56 bits per heavy atom. The first-order valence-electron chi connectivity index (χ1n) is 4.59. The molecule has 0 aromatic heterocycles. The zero-order valence-corrected chi connectivity index (χ0v) is 8.30. The molecule has 0 amide bonds. The molecule has 0 aliphatic heterocycles. The van der Waals surface area contributed by atoms with Crippen molar-refractivity contribution in [3.63, 3.8) is 0 Å². The van der Waals surface area contributed by atoms with Crippen LogP contribution in [-0.2, 0) is 0 Å². The number of hydrogen-bond acceptors (Lipinski definition) is 2. The lowest BCUT2D eigenvalue weighted by molar-refractivity contribution is -0.274. The van der Waals surface area contributed by atoms with Crippen LogP contribution in [0.25, 0.3) is 0 Å². The number of rotatable bonds is 4. The summed E-state index contributed by atoms with van der Waals surface area (Å²) < 4.78 is 51.5. The Balaban J connectivity index is 2.78. The van der Waals surface area contributed by atoms with Gasteiger partial charge in [-0.05, 0) is 24.1 Å². The summed E-state index contributed by atoms with van der Waals surface area (Å²) in [5, 5.41) is 0. The van der Waals surface area contributed by atoms with Crippen LogP contribution in [-0.4, -0.2) is 13.0 Å². The lowest BCUT2D eigenvalue weighted by atomic mass is 10.1. The van der Waals surface area contributed by atoms with Gasteiger partial charge in [0.1, 0.15) is 5.75 Å². The molecule has 90 valence electrons. The average Bonchev–Trinajstić information content (AvgIpc) is 2.16. The van der Waals surface area contributed by atoms with Crippen molar-refractivity contribution in [2.45, 2.75) is 18.8 Å². The van der Waals surface area contributed by atoms with Gasteiger partial charge in [0, 0.05) is 6.04 Å². The van der Waals surface area contributed by atoms with Crippen molar-refractivity contribution in [1.82, 2.24) is 0 Å². The van der Waals surface area contributed by atoms with Gasteiger partial charge in [0.25, 0.3) is 0 Å². The Morgan fingerprint density at radius 1 is 1.31 bits per heavy atom. The molecule has 16 heavy (non-hydrogen) atoms. The van der Waals surface area contributed by atoms with E-state index in [0.717, 1.165) is 6.07 Å². The molecule has 0 spiro atoms. The van der Waals surface area contributed by atoms with Crippen molar-refractivity contribution in [2.24, 2.45) is 5.73 Å². The monoisotopic (exact) mass is 237 g/mol. The van der Waals surface area contributed by atoms with Crippen LogP contribution in [0.3, 0.4) is 0 Å². The van der Waals surface area contributed by atoms with E-state index < -0.39 is 19.1 Å². The minimum Gasteiger partial charge on any atom is -0.406 e. The summed E-state index contributed by atoms with van der Waals surface area (Å²) in [7, 11) is 0. The summed E-state index contributed by atoms with van der Waals surface area (Å²) in [6.07, 6.45) is -4.67. The van der Waals surface area contributed by atoms with Crippen LogP contribution < -0.4 is 10.5 Å². The smallest absolute Gasteiger partial charge is 0.406 e. The van der Waals surface area contributed by atoms with Gasteiger partial charge in [-0.25, -0.2) is 0 Å². The highest BCUT2D eigenvalue weighted by Gasteiger charge is 2.31. The number of nitrogens with two attached hydrogens (primary N) is 1. The molecule has 0 unspecified atom stereocenters. The standard InChI is InChI=1S/C10H11F4NO/c11-5-4-9(15)7-2-1-3-8(6-7)16-10(12,13)14/h1-3,6,9H,4-5,15H2/t9-/m1/s1. The molecule has 0 saturated carbocycles. The predicted molar refractivity (Wildman–Crippen MR) is 50.6 cm³/mol. The number of ether oxygens (including phenoxy) is 1. The molecule has 1 aromatic rings. The quantitative estimate of drug-likeness (QED) is 0.817. The summed E-state index contributed by atoms with van der Waals surface area (Å²) in [5.41, 5.74) is 5.98. The van der Waals surface area contributed by atoms with Crippen LogP contribution in [0.4, 0.5) is 17.6 Å². The van der Waals surface area contributed by atoms with Crippen molar-refractivity contribution in [2.75, 3.05) is 6.67 Å². The first kappa shape index (κ1) is 12.8. The van der Waals surface area contributed by atoms with Gasteiger partial charge in [0.2, 0.25) is 0 Å². The molecule has 1 rings (SSSR count). The molecule has 1 aromatic carbocycles. The molecule has 1 atom stereocenters. The zero-order valence-electron chi connectivity index (χ0n) is 8.30. The second kappa shape index (κ2) is 5.16. The fourth-order valence-corrected chi connectivity index (χ4v) is 1.23. The SMILES string of the molecule is N[C@H](CCF)c1cccc(OC(F)(F)F)c1. The topological polar surface area (TPSA) is 35.2 Å². The largest absolute Gasteiger partial charge is 0.573 e. The number of halogens is 4. The molecule has 0 aliphatic carbocycles. The van der Waals surface area contributed by atoms with Crippen molar-refractivity contribution >= 4 is 0 Å². The maximum atomic E-state index is 12.0. The average molecular weight is 237 g/mol. The summed E-state index contributed by atoms with van der Waals surface area (Å²) in [5.74, 6) is -0.348. The number of benzene rings is 1. The second-order valence-electron chi connectivity index (χ2n) is 3.20. The highest BCUT2D eigenvalue weighted by Crippen LogP contribution is 2.25. The number of alkyl halides is 4. The van der Waals surface area contributed by atoms with E-state index in [2.05, 4.69) is 4.74 Å². The van der Waals surface area contributed by atoms with Gasteiger partial charge in [0.15, 0.2) is 0 Å². The van der Waals surface area contributed by atoms with E-state index in [1.54, 1.807) is 0 Å². The maximum absolute atomic E-state index is 12.0. The van der Waals surface area contributed by atoms with E-state index >= 15 is 0 Å². The normalized spacial score (nSPS) is 13.6. The summed E-state index contributed by atoms with van der Waals surface area (Å²) in [6.45, 7) is -0.620. The van der Waals surface area contributed by atoms with Gasteiger partial charge < -0.3 is 10.5 Å². The van der Waals surface area contributed by atoms with Crippen LogP contribution in [0.1, 0.15) is 18.0 Å². The van der Waals surface area contributed by atoms with E-state index in [-0.39, 0.29) is 12.2 Å². The van der Waals surface area contributed by atoms with Gasteiger partial charge in [-0.1, -0.05) is 12.1 Å². The third kappa shape index (κ3) is 4.06. The fraction of sp³-hybridized carbons (Fsp3) is 0.400. The first-order chi connectivity index (χ1) is 7.42. The van der Waals surface area contributed by atoms with Crippen LogP contribution in [0.5, 0.6) is 5.75 Å². The molecule has 0 saturated heterocycles. The molecule has 2 N–H and O–H groups in total.